The molecule has 5 nitrogen and oxygen atoms in total. The first-order chi connectivity index (χ1) is 14.8. The Hall–Kier alpha value is -2.94. The van der Waals surface area contributed by atoms with Crippen LogP contribution in [0.1, 0.15) is 5.56 Å². The summed E-state index contributed by atoms with van der Waals surface area (Å²) in [5.41, 5.74) is -2.49. The normalized spacial score (nSPS) is 14.5. The second-order valence-corrected chi connectivity index (χ2v) is 11.6. The zero-order chi connectivity index (χ0) is 24.9. The van der Waals surface area contributed by atoms with Crippen LogP contribution in [0.15, 0.2) is 47.5 Å². The third-order valence-electron chi connectivity index (χ3n) is 4.03. The zero-order valence-electron chi connectivity index (χ0n) is 16.3. The number of rotatable bonds is 6. The average molecular weight is 519 g/mol. The first kappa shape index (κ1) is 24.7. The quantitative estimate of drug-likeness (QED) is 0.376. The van der Waals surface area contributed by atoms with Crippen molar-refractivity contribution in [2.75, 3.05) is 11.6 Å². The number of nitrogens with one attached hydrogen (secondary N) is 1. The van der Waals surface area contributed by atoms with Crippen LogP contribution in [-0.4, -0.2) is 24.6 Å². The van der Waals surface area contributed by atoms with Crippen molar-refractivity contribution < 1.29 is 41.0 Å². The van der Waals surface area contributed by atoms with Crippen molar-refractivity contribution in [2.24, 2.45) is 0 Å². The van der Waals surface area contributed by atoms with Gasteiger partial charge in [-0.1, -0.05) is 19.4 Å². The van der Waals surface area contributed by atoms with Gasteiger partial charge in [0, 0.05) is 23.6 Å². The Morgan fingerprint density at radius 1 is 0.939 bits per heavy atom. The molecule has 1 aromatic heterocycles. The third-order valence-corrected chi connectivity index (χ3v) is 6.01. The van der Waals surface area contributed by atoms with Crippen LogP contribution in [0.3, 0.4) is 0 Å². The van der Waals surface area contributed by atoms with Crippen molar-refractivity contribution in [3.05, 3.63) is 65.6 Å². The monoisotopic (exact) mass is 519 g/mol. The smallest absolute Gasteiger partial charge is 0.310 e. The van der Waals surface area contributed by atoms with Gasteiger partial charge in [0.1, 0.15) is 22.2 Å². The summed E-state index contributed by atoms with van der Waals surface area (Å²) in [7, 11) is -14.1. The van der Waals surface area contributed by atoms with Gasteiger partial charge in [-0.15, -0.1) is 0 Å². The van der Waals surface area contributed by atoms with Crippen LogP contribution < -0.4 is 5.32 Å². The summed E-state index contributed by atoms with van der Waals surface area (Å²) in [5.74, 6) is -4.93. The molecular weight excluding hydrogens is 506 g/mol. The van der Waals surface area contributed by atoms with Gasteiger partial charge in [0.25, 0.3) is 0 Å². The molecule has 2 aromatic carbocycles. The van der Waals surface area contributed by atoms with Crippen LogP contribution in [0, 0.1) is 17.5 Å². The lowest BCUT2D eigenvalue weighted by Gasteiger charge is -2.41. The van der Waals surface area contributed by atoms with Crippen LogP contribution in [0.4, 0.5) is 44.2 Å². The highest BCUT2D eigenvalue weighted by Gasteiger charge is 2.65. The lowest BCUT2D eigenvalue weighted by molar-refractivity contribution is 0.364. The molecule has 15 heteroatoms. The van der Waals surface area contributed by atoms with E-state index in [0.717, 1.165) is 18.2 Å². The van der Waals surface area contributed by atoms with Crippen molar-refractivity contribution in [1.29, 1.82) is 0 Å². The minimum Gasteiger partial charge on any atom is -0.324 e. The van der Waals surface area contributed by atoms with Crippen LogP contribution in [0.25, 0.3) is 11.3 Å². The number of aromatic nitrogens is 2. The second-order valence-electron chi connectivity index (χ2n) is 7.04. The summed E-state index contributed by atoms with van der Waals surface area (Å²) < 4.78 is 131. The first-order valence-electron chi connectivity index (χ1n) is 8.61. The van der Waals surface area contributed by atoms with E-state index in [4.69, 9.17) is 0 Å². The van der Waals surface area contributed by atoms with Gasteiger partial charge in [-0.3, -0.25) is 0 Å². The summed E-state index contributed by atoms with van der Waals surface area (Å²) in [6.07, 6.45) is 1.22. The van der Waals surface area contributed by atoms with Crippen LogP contribution in [0.5, 0.6) is 0 Å². The lowest BCUT2D eigenvalue weighted by atomic mass is 10.1. The van der Waals surface area contributed by atoms with Crippen LogP contribution >= 0.6 is 10.2 Å². The standard InChI is InChI=1S/C18H13F8N3O2S2/c1-32(30,31)9-10-4-12(7-13(5-10)33(22,23,24,25)26)28-18-27-8-16(21)17(29-18)14-3-2-11(19)6-15(14)20/h2-8H,9H2,1H3,(H,27,28,29). The molecule has 0 saturated heterocycles. The number of sulfone groups is 1. The maximum absolute atomic E-state index is 14.1. The molecule has 0 bridgehead atoms. The van der Waals surface area contributed by atoms with E-state index >= 15 is 0 Å². The molecule has 180 valence electrons. The van der Waals surface area contributed by atoms with E-state index in [1.165, 1.54) is 0 Å². The largest absolute Gasteiger partial charge is 0.324 e. The number of hydrogen-bond acceptors (Lipinski definition) is 5. The van der Waals surface area contributed by atoms with E-state index in [-0.39, 0.29) is 12.1 Å². The highest BCUT2D eigenvalue weighted by Crippen LogP contribution is 3.02. The van der Waals surface area contributed by atoms with Gasteiger partial charge in [0.2, 0.25) is 5.95 Å². The Balaban J connectivity index is 2.10. The molecule has 1 N–H and O–H groups in total. The third kappa shape index (κ3) is 6.31. The van der Waals surface area contributed by atoms with Gasteiger partial charge >= 0.3 is 10.2 Å². The van der Waals surface area contributed by atoms with Crippen LogP contribution in [0.2, 0.25) is 0 Å². The molecule has 3 aromatic rings. The molecule has 0 aliphatic heterocycles. The number of benzene rings is 2. The fourth-order valence-electron chi connectivity index (χ4n) is 2.77. The zero-order valence-corrected chi connectivity index (χ0v) is 17.9. The molecule has 0 saturated carbocycles. The van der Waals surface area contributed by atoms with E-state index < -0.39 is 76.6 Å². The highest BCUT2D eigenvalue weighted by atomic mass is 32.5. The summed E-state index contributed by atoms with van der Waals surface area (Å²) in [6, 6.07) is 2.97. The molecule has 0 atom stereocenters. The van der Waals surface area contributed by atoms with E-state index in [2.05, 4.69) is 15.3 Å². The molecule has 0 unspecified atom stereocenters. The predicted molar refractivity (Wildman–Crippen MR) is 107 cm³/mol. The molecule has 0 spiro atoms. The summed E-state index contributed by atoms with van der Waals surface area (Å²) in [6.45, 7) is 0. The summed E-state index contributed by atoms with van der Waals surface area (Å²) in [5, 5.41) is 2.15. The number of nitrogens with zero attached hydrogens (tertiary/aromatic N) is 2. The van der Waals surface area contributed by atoms with E-state index in [9.17, 15) is 41.0 Å². The van der Waals surface area contributed by atoms with Gasteiger partial charge in [0.15, 0.2) is 15.7 Å². The number of anilines is 2. The predicted octanol–water partition coefficient (Wildman–Crippen LogP) is 6.51. The van der Waals surface area contributed by atoms with Gasteiger partial charge in [-0.05, 0) is 35.9 Å². The van der Waals surface area contributed by atoms with E-state index in [1.807, 2.05) is 0 Å². The van der Waals surface area contributed by atoms with Crippen molar-refractivity contribution in [3.8, 4) is 11.3 Å². The van der Waals surface area contributed by atoms with Crippen molar-refractivity contribution >= 4 is 31.7 Å². The maximum Gasteiger partial charge on any atom is 0.310 e. The summed E-state index contributed by atoms with van der Waals surface area (Å²) in [4.78, 5) is 4.72. The fourth-order valence-corrected chi connectivity index (χ4v) is 4.26. The molecule has 0 aliphatic carbocycles. The molecular formula is C18H13F8N3O2S2. The average Bonchev–Trinajstić information content (AvgIpc) is 2.60. The van der Waals surface area contributed by atoms with Gasteiger partial charge in [0.05, 0.1) is 11.9 Å². The van der Waals surface area contributed by atoms with Crippen molar-refractivity contribution in [3.63, 3.8) is 0 Å². The highest BCUT2D eigenvalue weighted by molar-refractivity contribution is 8.45. The number of halogens is 8. The molecule has 0 radical (unpaired) electrons. The Labute approximate surface area is 182 Å². The van der Waals surface area contributed by atoms with Crippen molar-refractivity contribution in [1.82, 2.24) is 9.97 Å². The fraction of sp³-hybridized carbons (Fsp3) is 0.111. The first-order valence-corrected chi connectivity index (χ1v) is 12.6. The minimum absolute atomic E-state index is 0.0121. The molecule has 0 fully saturated rings. The second kappa shape index (κ2) is 7.28. The van der Waals surface area contributed by atoms with Gasteiger partial charge in [-0.2, -0.15) is 0 Å². The molecule has 1 heterocycles. The summed E-state index contributed by atoms with van der Waals surface area (Å²) >= 11 is 0. The number of hydrogen-bond donors (Lipinski definition) is 1. The van der Waals surface area contributed by atoms with Crippen molar-refractivity contribution in [2.45, 2.75) is 10.6 Å². The van der Waals surface area contributed by atoms with Gasteiger partial charge < -0.3 is 5.32 Å². The van der Waals surface area contributed by atoms with Gasteiger partial charge in [-0.25, -0.2) is 31.6 Å². The topological polar surface area (TPSA) is 72.0 Å². The Morgan fingerprint density at radius 2 is 1.61 bits per heavy atom. The van der Waals surface area contributed by atoms with E-state index in [1.54, 1.807) is 0 Å². The minimum atomic E-state index is -10.2. The Bertz CT molecular complexity index is 1360. The Kier molecular flexibility index (Phi) is 5.45. The Morgan fingerprint density at radius 3 is 2.18 bits per heavy atom. The molecule has 0 amide bonds. The molecule has 0 aliphatic rings. The van der Waals surface area contributed by atoms with Crippen LogP contribution in [-0.2, 0) is 15.6 Å². The lowest BCUT2D eigenvalue weighted by Crippen LogP contribution is -2.10. The molecule has 3 rings (SSSR count). The van der Waals surface area contributed by atoms with E-state index in [0.29, 0.717) is 18.5 Å². The SMILES string of the molecule is CS(=O)(=O)Cc1cc(Nc2ncc(F)c(-c3ccc(F)cc3F)n2)cc(S(F)(F)(F)(F)F)c1. The maximum atomic E-state index is 14.1. The molecule has 33 heavy (non-hydrogen) atoms.